The lowest BCUT2D eigenvalue weighted by Crippen LogP contribution is -2.17. The van der Waals surface area contributed by atoms with Gasteiger partial charge in [0.2, 0.25) is 0 Å². The number of halogens is 4. The Morgan fingerprint density at radius 2 is 1.88 bits per heavy atom. The molecule has 0 aromatic heterocycles. The van der Waals surface area contributed by atoms with E-state index in [9.17, 15) is 23.3 Å². The van der Waals surface area contributed by atoms with Crippen molar-refractivity contribution in [2.45, 2.75) is 26.0 Å². The first-order valence-corrected chi connectivity index (χ1v) is 7.62. The predicted octanol–water partition coefficient (Wildman–Crippen LogP) is 4.66. The van der Waals surface area contributed by atoms with E-state index in [4.69, 9.17) is 11.6 Å². The van der Waals surface area contributed by atoms with E-state index in [0.717, 1.165) is 16.7 Å². The molecule has 1 aliphatic rings. The summed E-state index contributed by atoms with van der Waals surface area (Å²) in [4.78, 5) is 12.4. The third kappa shape index (κ3) is 4.21. The molecule has 0 unspecified atom stereocenters. The molecule has 0 radical (unpaired) electrons. The van der Waals surface area contributed by atoms with Crippen LogP contribution < -0.4 is 4.74 Å². The molecule has 0 bridgehead atoms. The third-order valence-electron chi connectivity index (χ3n) is 3.82. The molecule has 0 saturated heterocycles. The van der Waals surface area contributed by atoms with Gasteiger partial charge in [0.05, 0.1) is 9.95 Å². The van der Waals surface area contributed by atoms with Crippen molar-refractivity contribution in [3.8, 4) is 5.75 Å². The highest BCUT2D eigenvalue weighted by molar-refractivity contribution is 6.31. The van der Waals surface area contributed by atoms with Crippen LogP contribution in [-0.2, 0) is 19.6 Å². The highest BCUT2D eigenvalue weighted by Gasteiger charge is 2.31. The molecule has 25 heavy (non-hydrogen) atoms. The molecule has 0 spiro atoms. The summed E-state index contributed by atoms with van der Waals surface area (Å²) >= 11 is 6.12. The van der Waals surface area contributed by atoms with Gasteiger partial charge in [-0.25, -0.2) is 0 Å². The Morgan fingerprint density at radius 1 is 1.20 bits per heavy atom. The number of alkyl halides is 3. The van der Waals surface area contributed by atoms with E-state index in [-0.39, 0.29) is 11.4 Å². The molecule has 0 saturated carbocycles. The zero-order valence-electron chi connectivity index (χ0n) is 12.7. The summed E-state index contributed by atoms with van der Waals surface area (Å²) < 4.78 is 40.3. The van der Waals surface area contributed by atoms with Gasteiger partial charge in [0, 0.05) is 31.8 Å². The minimum absolute atomic E-state index is 0.0562. The van der Waals surface area contributed by atoms with Crippen LogP contribution >= 0.6 is 11.6 Å². The van der Waals surface area contributed by atoms with Gasteiger partial charge in [0.1, 0.15) is 5.75 Å². The van der Waals surface area contributed by atoms with Crippen molar-refractivity contribution < 1.29 is 22.8 Å². The lowest BCUT2D eigenvalue weighted by Gasteiger charge is -2.15. The van der Waals surface area contributed by atoms with Gasteiger partial charge in [-0.1, -0.05) is 23.7 Å². The second-order valence-corrected chi connectivity index (χ2v) is 6.07. The Labute approximate surface area is 145 Å². The maximum absolute atomic E-state index is 12.2. The lowest BCUT2D eigenvalue weighted by atomic mass is 10.1. The summed E-state index contributed by atoms with van der Waals surface area (Å²) in [6.07, 6.45) is -4.72. The van der Waals surface area contributed by atoms with Crippen LogP contribution in [0.1, 0.15) is 16.7 Å². The molecule has 1 heterocycles. The first-order valence-electron chi connectivity index (χ1n) is 7.24. The van der Waals surface area contributed by atoms with Crippen LogP contribution in [0.25, 0.3) is 0 Å². The van der Waals surface area contributed by atoms with Crippen molar-refractivity contribution in [2.24, 2.45) is 0 Å². The van der Waals surface area contributed by atoms with Gasteiger partial charge in [-0.3, -0.25) is 15.0 Å². The summed E-state index contributed by atoms with van der Waals surface area (Å²) in [5.41, 5.74) is 2.37. The second kappa shape index (κ2) is 6.53. The molecular formula is C16H12ClF3N2O3. The maximum atomic E-state index is 12.2. The fraction of sp³-hybridized carbons (Fsp3) is 0.250. The summed E-state index contributed by atoms with van der Waals surface area (Å²) in [6, 6.07) is 8.44. The second-order valence-electron chi connectivity index (χ2n) is 5.66. The number of nitrogens with zero attached hydrogens (tertiary/aromatic N) is 2. The van der Waals surface area contributed by atoms with E-state index >= 15 is 0 Å². The Kier molecular flexibility index (Phi) is 4.57. The average molecular weight is 373 g/mol. The molecule has 2 aromatic carbocycles. The van der Waals surface area contributed by atoms with Crippen molar-refractivity contribution in [1.82, 2.24) is 4.90 Å². The summed E-state index contributed by atoms with van der Waals surface area (Å²) in [6.45, 7) is 1.48. The van der Waals surface area contributed by atoms with Crippen molar-refractivity contribution >= 4 is 17.3 Å². The molecule has 0 N–H and O–H groups in total. The van der Waals surface area contributed by atoms with E-state index in [1.165, 1.54) is 24.3 Å². The van der Waals surface area contributed by atoms with Crippen molar-refractivity contribution in [2.75, 3.05) is 0 Å². The number of non-ortho nitro benzene ring substituents is 1. The van der Waals surface area contributed by atoms with Crippen molar-refractivity contribution in [1.29, 1.82) is 0 Å². The SMILES string of the molecule is O=[N+]([O-])c1cc(Cl)c2c(c1)CN(Cc1ccc(OC(F)(F)F)cc1)C2. The van der Waals surface area contributed by atoms with E-state index < -0.39 is 11.3 Å². The van der Waals surface area contributed by atoms with Gasteiger partial charge in [0.25, 0.3) is 5.69 Å². The molecular weight excluding hydrogens is 361 g/mol. The van der Waals surface area contributed by atoms with Gasteiger partial charge in [-0.15, -0.1) is 13.2 Å². The van der Waals surface area contributed by atoms with Gasteiger partial charge < -0.3 is 4.74 Å². The summed E-state index contributed by atoms with van der Waals surface area (Å²) in [5, 5.41) is 11.2. The molecule has 0 amide bonds. The topological polar surface area (TPSA) is 55.6 Å². The Bertz CT molecular complexity index is 810. The number of hydrogen-bond acceptors (Lipinski definition) is 4. The molecule has 5 nitrogen and oxygen atoms in total. The average Bonchev–Trinajstić information content (AvgIpc) is 2.91. The monoisotopic (exact) mass is 372 g/mol. The van der Waals surface area contributed by atoms with Gasteiger partial charge in [0.15, 0.2) is 0 Å². The summed E-state index contributed by atoms with van der Waals surface area (Å²) in [7, 11) is 0. The van der Waals surface area contributed by atoms with Crippen LogP contribution in [0.2, 0.25) is 5.02 Å². The number of fused-ring (bicyclic) bond motifs is 1. The predicted molar refractivity (Wildman–Crippen MR) is 84.2 cm³/mol. The van der Waals surface area contributed by atoms with Gasteiger partial charge in [-0.05, 0) is 28.8 Å². The number of rotatable bonds is 4. The van der Waals surface area contributed by atoms with Gasteiger partial charge in [-0.2, -0.15) is 0 Å². The van der Waals surface area contributed by atoms with Gasteiger partial charge >= 0.3 is 6.36 Å². The molecule has 3 rings (SSSR count). The summed E-state index contributed by atoms with van der Waals surface area (Å²) in [5.74, 6) is -0.278. The van der Waals surface area contributed by atoms with E-state index in [0.29, 0.717) is 24.7 Å². The quantitative estimate of drug-likeness (QED) is 0.578. The Morgan fingerprint density at radius 3 is 2.48 bits per heavy atom. The molecule has 0 fully saturated rings. The van der Waals surface area contributed by atoms with E-state index in [2.05, 4.69) is 4.74 Å². The number of ether oxygens (including phenoxy) is 1. The largest absolute Gasteiger partial charge is 0.573 e. The smallest absolute Gasteiger partial charge is 0.406 e. The van der Waals surface area contributed by atoms with Crippen LogP contribution in [0, 0.1) is 10.1 Å². The van der Waals surface area contributed by atoms with E-state index in [1.54, 1.807) is 12.1 Å². The minimum atomic E-state index is -4.72. The van der Waals surface area contributed by atoms with Crippen molar-refractivity contribution in [3.63, 3.8) is 0 Å². The highest BCUT2D eigenvalue weighted by atomic mass is 35.5. The minimum Gasteiger partial charge on any atom is -0.406 e. The zero-order valence-corrected chi connectivity index (χ0v) is 13.5. The Hall–Kier alpha value is -2.32. The molecule has 9 heteroatoms. The molecule has 0 aliphatic carbocycles. The highest BCUT2D eigenvalue weighted by Crippen LogP contribution is 2.34. The number of nitro benzene ring substituents is 1. The van der Waals surface area contributed by atoms with Crippen LogP contribution in [0.3, 0.4) is 0 Å². The fourth-order valence-electron chi connectivity index (χ4n) is 2.79. The molecule has 0 atom stereocenters. The van der Waals surface area contributed by atoms with Crippen LogP contribution in [-0.4, -0.2) is 16.2 Å². The van der Waals surface area contributed by atoms with Crippen LogP contribution in [0.4, 0.5) is 18.9 Å². The maximum Gasteiger partial charge on any atom is 0.573 e. The molecule has 132 valence electrons. The lowest BCUT2D eigenvalue weighted by molar-refractivity contribution is -0.384. The van der Waals surface area contributed by atoms with Crippen LogP contribution in [0.5, 0.6) is 5.75 Å². The number of benzene rings is 2. The third-order valence-corrected chi connectivity index (χ3v) is 4.16. The normalized spacial score (nSPS) is 14.4. The molecule has 1 aliphatic heterocycles. The first kappa shape index (κ1) is 17.5. The Balaban J connectivity index is 1.69. The first-order chi connectivity index (χ1) is 11.7. The standard InChI is InChI=1S/C16H12ClF3N2O3/c17-15-6-12(22(23)24)5-11-8-21(9-14(11)15)7-10-1-3-13(4-2-10)25-16(18,19)20/h1-6H,7-9H2. The fourth-order valence-corrected chi connectivity index (χ4v) is 3.08. The number of hydrogen-bond donors (Lipinski definition) is 0. The molecule has 2 aromatic rings. The van der Waals surface area contributed by atoms with Crippen LogP contribution in [0.15, 0.2) is 36.4 Å². The van der Waals surface area contributed by atoms with Crippen molar-refractivity contribution in [3.05, 3.63) is 68.2 Å². The van der Waals surface area contributed by atoms with E-state index in [1.807, 2.05) is 4.90 Å². The zero-order chi connectivity index (χ0) is 18.2. The number of nitro groups is 1.